The molecule has 2 fully saturated rings. The summed E-state index contributed by atoms with van der Waals surface area (Å²) >= 11 is 0. The van der Waals surface area contributed by atoms with E-state index < -0.39 is 0 Å². The van der Waals surface area contributed by atoms with Crippen LogP contribution in [0.4, 0.5) is 0 Å². The topological polar surface area (TPSA) is 38.8 Å². The fourth-order valence-electron chi connectivity index (χ4n) is 4.83. The molecular formula is C26H35NO3. The molecule has 2 aliphatic rings. The fourth-order valence-corrected chi connectivity index (χ4v) is 4.83. The lowest BCUT2D eigenvalue weighted by molar-refractivity contribution is -0.149. The lowest BCUT2D eigenvalue weighted by atomic mass is 9.89. The van der Waals surface area contributed by atoms with E-state index in [1.807, 2.05) is 6.92 Å². The Kier molecular flexibility index (Phi) is 6.93. The van der Waals surface area contributed by atoms with Gasteiger partial charge in [0.1, 0.15) is 5.75 Å². The first-order valence-electron chi connectivity index (χ1n) is 11.7. The van der Waals surface area contributed by atoms with E-state index in [1.165, 1.54) is 42.0 Å². The quantitative estimate of drug-likeness (QED) is 0.585. The molecule has 30 heavy (non-hydrogen) atoms. The number of esters is 1. The summed E-state index contributed by atoms with van der Waals surface area (Å²) in [5.41, 5.74) is 1.33. The molecule has 0 spiro atoms. The molecule has 0 radical (unpaired) electrons. The number of carbonyl (C=O) groups excluding carboxylic acids is 1. The number of piperidine rings is 1. The van der Waals surface area contributed by atoms with Crippen LogP contribution >= 0.6 is 0 Å². The molecule has 0 unspecified atom stereocenters. The van der Waals surface area contributed by atoms with Crippen molar-refractivity contribution in [1.29, 1.82) is 0 Å². The van der Waals surface area contributed by atoms with Crippen LogP contribution in [0.15, 0.2) is 36.4 Å². The van der Waals surface area contributed by atoms with Crippen LogP contribution in [0.5, 0.6) is 5.75 Å². The number of hydrogen-bond acceptors (Lipinski definition) is 4. The molecule has 4 nitrogen and oxygen atoms in total. The summed E-state index contributed by atoms with van der Waals surface area (Å²) in [5, 5.41) is 2.50. The van der Waals surface area contributed by atoms with Gasteiger partial charge in [-0.15, -0.1) is 0 Å². The molecule has 1 heterocycles. The molecular weight excluding hydrogens is 374 g/mol. The van der Waals surface area contributed by atoms with E-state index >= 15 is 0 Å². The summed E-state index contributed by atoms with van der Waals surface area (Å²) in [6.07, 6.45) is 7.06. The Hall–Kier alpha value is -2.07. The van der Waals surface area contributed by atoms with Crippen LogP contribution < -0.4 is 4.74 Å². The molecule has 4 rings (SSSR count). The minimum absolute atomic E-state index is 0.0244. The third-order valence-electron chi connectivity index (χ3n) is 6.76. The standard InChI is InChI=1S/C26H35NO3/c1-3-29-26(28)21-12-14-27(15-13-21)18-20-6-7-23-17-25(11-8-22(23)16-20)30-24-9-4-19(2)5-10-24/h6-8,11,16-17,19,21,24H,3-5,9-10,12-15,18H2,1-2H3/t19-,24+. The fraction of sp³-hybridized carbons (Fsp3) is 0.577. The number of carbonyl (C=O) groups is 1. The van der Waals surface area contributed by atoms with Gasteiger partial charge in [0, 0.05) is 6.54 Å². The maximum atomic E-state index is 11.9. The Morgan fingerprint density at radius 3 is 2.40 bits per heavy atom. The molecule has 1 saturated heterocycles. The Bertz CT molecular complexity index is 848. The number of rotatable bonds is 6. The second-order valence-corrected chi connectivity index (χ2v) is 9.15. The van der Waals surface area contributed by atoms with Crippen molar-refractivity contribution in [3.05, 3.63) is 42.0 Å². The van der Waals surface area contributed by atoms with Gasteiger partial charge in [0.15, 0.2) is 0 Å². The van der Waals surface area contributed by atoms with Crippen molar-refractivity contribution in [3.63, 3.8) is 0 Å². The van der Waals surface area contributed by atoms with Crippen LogP contribution in [0.2, 0.25) is 0 Å². The van der Waals surface area contributed by atoms with Crippen molar-refractivity contribution >= 4 is 16.7 Å². The van der Waals surface area contributed by atoms with Gasteiger partial charge in [-0.3, -0.25) is 9.69 Å². The van der Waals surface area contributed by atoms with Crippen LogP contribution in [-0.4, -0.2) is 36.7 Å². The number of ether oxygens (including phenoxy) is 2. The van der Waals surface area contributed by atoms with E-state index in [2.05, 4.69) is 48.2 Å². The second-order valence-electron chi connectivity index (χ2n) is 9.15. The van der Waals surface area contributed by atoms with Gasteiger partial charge in [0.25, 0.3) is 0 Å². The van der Waals surface area contributed by atoms with Crippen LogP contribution in [0.25, 0.3) is 10.8 Å². The van der Waals surface area contributed by atoms with Crippen LogP contribution in [0, 0.1) is 11.8 Å². The Morgan fingerprint density at radius 1 is 0.967 bits per heavy atom. The van der Waals surface area contributed by atoms with Gasteiger partial charge in [-0.2, -0.15) is 0 Å². The predicted octanol–water partition coefficient (Wildman–Crippen LogP) is 5.57. The van der Waals surface area contributed by atoms with E-state index in [-0.39, 0.29) is 11.9 Å². The highest BCUT2D eigenvalue weighted by atomic mass is 16.5. The zero-order chi connectivity index (χ0) is 20.9. The lowest BCUT2D eigenvalue weighted by Gasteiger charge is -2.30. The molecule has 1 aliphatic carbocycles. The van der Waals surface area contributed by atoms with E-state index in [4.69, 9.17) is 9.47 Å². The zero-order valence-electron chi connectivity index (χ0n) is 18.4. The van der Waals surface area contributed by atoms with Crippen molar-refractivity contribution in [2.75, 3.05) is 19.7 Å². The predicted molar refractivity (Wildman–Crippen MR) is 121 cm³/mol. The second kappa shape index (κ2) is 9.82. The largest absolute Gasteiger partial charge is 0.490 e. The van der Waals surface area contributed by atoms with Crippen molar-refractivity contribution in [3.8, 4) is 5.75 Å². The first-order valence-corrected chi connectivity index (χ1v) is 11.7. The Balaban J connectivity index is 1.33. The SMILES string of the molecule is CCOC(=O)C1CCN(Cc2ccc3cc(O[C@H]4CC[C@@H](C)CC4)ccc3c2)CC1. The monoisotopic (exact) mass is 409 g/mol. The lowest BCUT2D eigenvalue weighted by Crippen LogP contribution is -2.36. The van der Waals surface area contributed by atoms with Gasteiger partial charge < -0.3 is 9.47 Å². The normalized spacial score (nSPS) is 23.4. The van der Waals surface area contributed by atoms with Crippen molar-refractivity contribution < 1.29 is 14.3 Å². The van der Waals surface area contributed by atoms with Crippen LogP contribution in [0.3, 0.4) is 0 Å². The number of benzene rings is 2. The molecule has 2 aromatic carbocycles. The van der Waals surface area contributed by atoms with E-state index in [1.54, 1.807) is 0 Å². The Labute approximate surface area is 180 Å². The maximum Gasteiger partial charge on any atom is 0.309 e. The summed E-state index contributed by atoms with van der Waals surface area (Å²) in [5.74, 6) is 1.89. The Morgan fingerprint density at radius 2 is 1.67 bits per heavy atom. The molecule has 4 heteroatoms. The van der Waals surface area contributed by atoms with Crippen LogP contribution in [-0.2, 0) is 16.1 Å². The van der Waals surface area contributed by atoms with Crippen molar-refractivity contribution in [2.24, 2.45) is 11.8 Å². The molecule has 2 aromatic rings. The molecule has 0 amide bonds. The van der Waals surface area contributed by atoms with Gasteiger partial charge in [-0.1, -0.05) is 25.1 Å². The average Bonchev–Trinajstić information content (AvgIpc) is 2.76. The van der Waals surface area contributed by atoms with E-state index in [0.717, 1.165) is 44.1 Å². The molecule has 0 aromatic heterocycles. The minimum Gasteiger partial charge on any atom is -0.490 e. The van der Waals surface area contributed by atoms with Gasteiger partial charge in [-0.25, -0.2) is 0 Å². The van der Waals surface area contributed by atoms with Gasteiger partial charge in [-0.05, 0) is 99.0 Å². The summed E-state index contributed by atoms with van der Waals surface area (Å²) in [4.78, 5) is 14.4. The molecule has 162 valence electrons. The summed E-state index contributed by atoms with van der Waals surface area (Å²) in [6, 6.07) is 13.2. The van der Waals surface area contributed by atoms with Crippen molar-refractivity contribution in [2.45, 2.75) is 65.0 Å². The number of fused-ring (bicyclic) bond motifs is 1. The summed E-state index contributed by atoms with van der Waals surface area (Å²) in [6.45, 7) is 7.53. The first kappa shape index (κ1) is 21.2. The van der Waals surface area contributed by atoms with Gasteiger partial charge >= 0.3 is 5.97 Å². The van der Waals surface area contributed by atoms with Gasteiger partial charge in [0.2, 0.25) is 0 Å². The highest BCUT2D eigenvalue weighted by Crippen LogP contribution is 2.29. The molecule has 0 atom stereocenters. The highest BCUT2D eigenvalue weighted by Gasteiger charge is 2.26. The number of likely N-dealkylation sites (tertiary alicyclic amines) is 1. The number of hydrogen-bond donors (Lipinski definition) is 0. The molecule has 0 N–H and O–H groups in total. The minimum atomic E-state index is -0.0244. The zero-order valence-corrected chi connectivity index (χ0v) is 18.4. The average molecular weight is 410 g/mol. The number of nitrogens with zero attached hydrogens (tertiary/aromatic N) is 1. The smallest absolute Gasteiger partial charge is 0.309 e. The molecule has 0 bridgehead atoms. The maximum absolute atomic E-state index is 11.9. The molecule has 1 aliphatic heterocycles. The molecule has 1 saturated carbocycles. The van der Waals surface area contributed by atoms with Gasteiger partial charge in [0.05, 0.1) is 18.6 Å². The first-order chi connectivity index (χ1) is 14.6. The van der Waals surface area contributed by atoms with E-state index in [0.29, 0.717) is 12.7 Å². The van der Waals surface area contributed by atoms with E-state index in [9.17, 15) is 4.79 Å². The van der Waals surface area contributed by atoms with Crippen LogP contribution in [0.1, 0.15) is 57.9 Å². The third-order valence-corrected chi connectivity index (χ3v) is 6.76. The third kappa shape index (κ3) is 5.34. The highest BCUT2D eigenvalue weighted by molar-refractivity contribution is 5.84. The summed E-state index contributed by atoms with van der Waals surface area (Å²) in [7, 11) is 0. The van der Waals surface area contributed by atoms with Crippen molar-refractivity contribution in [1.82, 2.24) is 4.90 Å². The summed E-state index contributed by atoms with van der Waals surface area (Å²) < 4.78 is 11.4.